The van der Waals surface area contributed by atoms with Gasteiger partial charge in [0.2, 0.25) is 5.91 Å². The van der Waals surface area contributed by atoms with Crippen molar-refractivity contribution in [2.45, 2.75) is 31.6 Å². The number of carbonyl (C=O) groups is 1. The van der Waals surface area contributed by atoms with Crippen molar-refractivity contribution in [1.29, 1.82) is 5.26 Å². The number of aryl methyl sites for hydroxylation is 2. The molecule has 0 atom stereocenters. The number of para-hydroxylation sites is 1. The van der Waals surface area contributed by atoms with Gasteiger partial charge in [-0.05, 0) is 38.0 Å². The molecule has 3 rings (SSSR count). The first kappa shape index (κ1) is 19.5. The standard InChI is InChI=1S/C19H19N5O3S/c1-12-15(13(2)24-19(22-12)14(10-20)11-21-24)8-9-18(25)23-16-6-4-5-7-17(16)28(3,26)27/h4-7,11H,8-9H2,1-3H3,(H,23,25). The van der Waals surface area contributed by atoms with E-state index in [0.29, 0.717) is 17.6 Å². The number of nitrogens with zero attached hydrogens (tertiary/aromatic N) is 4. The van der Waals surface area contributed by atoms with Crippen molar-refractivity contribution < 1.29 is 13.2 Å². The van der Waals surface area contributed by atoms with Gasteiger partial charge in [-0.1, -0.05) is 12.1 Å². The average Bonchev–Trinajstić information content (AvgIpc) is 3.04. The molecule has 28 heavy (non-hydrogen) atoms. The lowest BCUT2D eigenvalue weighted by Gasteiger charge is -2.12. The summed E-state index contributed by atoms with van der Waals surface area (Å²) in [6, 6.07) is 8.36. The number of amides is 1. The molecule has 144 valence electrons. The number of aromatic nitrogens is 3. The second-order valence-corrected chi connectivity index (χ2v) is 8.47. The molecule has 0 radical (unpaired) electrons. The predicted molar refractivity (Wildman–Crippen MR) is 104 cm³/mol. The summed E-state index contributed by atoms with van der Waals surface area (Å²) in [6.07, 6.45) is 3.13. The molecule has 8 nitrogen and oxygen atoms in total. The van der Waals surface area contributed by atoms with Gasteiger partial charge >= 0.3 is 0 Å². The molecule has 0 unspecified atom stereocenters. The third kappa shape index (κ3) is 3.73. The van der Waals surface area contributed by atoms with E-state index >= 15 is 0 Å². The van der Waals surface area contributed by atoms with Crippen LogP contribution in [0.25, 0.3) is 5.65 Å². The first-order valence-electron chi connectivity index (χ1n) is 8.55. The van der Waals surface area contributed by atoms with Crippen molar-refractivity contribution in [3.05, 3.63) is 53.0 Å². The van der Waals surface area contributed by atoms with Crippen LogP contribution in [0.15, 0.2) is 35.4 Å². The van der Waals surface area contributed by atoms with Crippen LogP contribution < -0.4 is 5.32 Å². The van der Waals surface area contributed by atoms with Crippen LogP contribution in [-0.2, 0) is 21.1 Å². The highest BCUT2D eigenvalue weighted by molar-refractivity contribution is 7.90. The van der Waals surface area contributed by atoms with Gasteiger partial charge in [0.05, 0.1) is 16.8 Å². The molecule has 2 aromatic heterocycles. The van der Waals surface area contributed by atoms with Gasteiger partial charge in [0.1, 0.15) is 11.6 Å². The molecular formula is C19H19N5O3S. The number of sulfone groups is 1. The Bertz CT molecular complexity index is 1220. The number of fused-ring (bicyclic) bond motifs is 1. The van der Waals surface area contributed by atoms with Gasteiger partial charge in [0.15, 0.2) is 15.5 Å². The van der Waals surface area contributed by atoms with Crippen LogP contribution in [0.5, 0.6) is 0 Å². The molecule has 0 aliphatic carbocycles. The molecular weight excluding hydrogens is 378 g/mol. The Kier molecular flexibility index (Phi) is 5.16. The summed E-state index contributed by atoms with van der Waals surface area (Å²) in [6.45, 7) is 3.69. The molecule has 0 saturated heterocycles. The van der Waals surface area contributed by atoms with E-state index in [-0.39, 0.29) is 22.9 Å². The van der Waals surface area contributed by atoms with Crippen molar-refractivity contribution in [3.8, 4) is 6.07 Å². The zero-order valence-corrected chi connectivity index (χ0v) is 16.5. The number of anilines is 1. The minimum atomic E-state index is -3.45. The fraction of sp³-hybridized carbons (Fsp3) is 0.263. The predicted octanol–water partition coefficient (Wildman–Crippen LogP) is 2.19. The molecule has 9 heteroatoms. The van der Waals surface area contributed by atoms with Gasteiger partial charge in [0, 0.05) is 24.1 Å². The molecule has 3 aromatic rings. The van der Waals surface area contributed by atoms with E-state index in [1.807, 2.05) is 13.8 Å². The molecule has 0 aliphatic heterocycles. The zero-order chi connectivity index (χ0) is 20.5. The third-order valence-corrected chi connectivity index (χ3v) is 5.65. The van der Waals surface area contributed by atoms with Crippen molar-refractivity contribution in [1.82, 2.24) is 14.6 Å². The largest absolute Gasteiger partial charge is 0.325 e. The van der Waals surface area contributed by atoms with Crippen molar-refractivity contribution in [2.75, 3.05) is 11.6 Å². The molecule has 1 amide bonds. The van der Waals surface area contributed by atoms with Crippen LogP contribution in [0.1, 0.15) is 28.9 Å². The summed E-state index contributed by atoms with van der Waals surface area (Å²) in [5.41, 5.74) is 3.56. The number of rotatable bonds is 5. The van der Waals surface area contributed by atoms with E-state index in [9.17, 15) is 13.2 Å². The van der Waals surface area contributed by atoms with E-state index in [2.05, 4.69) is 21.5 Å². The van der Waals surface area contributed by atoms with E-state index in [1.54, 1.807) is 22.7 Å². The van der Waals surface area contributed by atoms with Crippen LogP contribution in [0.2, 0.25) is 0 Å². The Labute approximate surface area is 162 Å². The summed E-state index contributed by atoms with van der Waals surface area (Å²) >= 11 is 0. The number of benzene rings is 1. The van der Waals surface area contributed by atoms with E-state index in [4.69, 9.17) is 5.26 Å². The minimum Gasteiger partial charge on any atom is -0.325 e. The summed E-state index contributed by atoms with van der Waals surface area (Å²) < 4.78 is 25.3. The molecule has 2 heterocycles. The Morgan fingerprint density at radius 3 is 2.68 bits per heavy atom. The second-order valence-electron chi connectivity index (χ2n) is 6.48. The van der Waals surface area contributed by atoms with Crippen molar-refractivity contribution >= 4 is 27.1 Å². The van der Waals surface area contributed by atoms with Crippen LogP contribution in [-0.4, -0.2) is 35.2 Å². The van der Waals surface area contributed by atoms with Gasteiger partial charge in [-0.3, -0.25) is 4.79 Å². The Hall–Kier alpha value is -3.25. The maximum absolute atomic E-state index is 12.4. The van der Waals surface area contributed by atoms with Crippen LogP contribution in [0, 0.1) is 25.2 Å². The lowest BCUT2D eigenvalue weighted by molar-refractivity contribution is -0.116. The van der Waals surface area contributed by atoms with Crippen LogP contribution in [0.4, 0.5) is 5.69 Å². The monoisotopic (exact) mass is 397 g/mol. The van der Waals surface area contributed by atoms with Crippen molar-refractivity contribution in [2.24, 2.45) is 0 Å². The Morgan fingerprint density at radius 2 is 2.00 bits per heavy atom. The maximum atomic E-state index is 12.4. The van der Waals surface area contributed by atoms with Gasteiger partial charge in [-0.2, -0.15) is 10.4 Å². The lowest BCUT2D eigenvalue weighted by Crippen LogP contribution is -2.16. The minimum absolute atomic E-state index is 0.0828. The van der Waals surface area contributed by atoms with Gasteiger partial charge in [-0.15, -0.1) is 0 Å². The van der Waals surface area contributed by atoms with E-state index in [1.165, 1.54) is 12.3 Å². The highest BCUT2D eigenvalue weighted by atomic mass is 32.2. The maximum Gasteiger partial charge on any atom is 0.224 e. The second kappa shape index (κ2) is 7.40. The summed E-state index contributed by atoms with van der Waals surface area (Å²) in [5.74, 6) is -0.298. The molecule has 0 aliphatic rings. The van der Waals surface area contributed by atoms with E-state index < -0.39 is 9.84 Å². The lowest BCUT2D eigenvalue weighted by atomic mass is 10.1. The van der Waals surface area contributed by atoms with Crippen LogP contribution in [0.3, 0.4) is 0 Å². The first-order valence-corrected chi connectivity index (χ1v) is 10.4. The zero-order valence-electron chi connectivity index (χ0n) is 15.7. The van der Waals surface area contributed by atoms with Gasteiger partial charge in [0.25, 0.3) is 0 Å². The molecule has 1 N–H and O–H groups in total. The summed E-state index contributed by atoms with van der Waals surface area (Å²) in [7, 11) is -3.45. The molecule has 1 aromatic carbocycles. The summed E-state index contributed by atoms with van der Waals surface area (Å²) in [4.78, 5) is 16.9. The number of hydrogen-bond donors (Lipinski definition) is 1. The first-order chi connectivity index (χ1) is 13.2. The number of nitriles is 1. The number of nitrogens with one attached hydrogen (secondary N) is 1. The van der Waals surface area contributed by atoms with Gasteiger partial charge in [-0.25, -0.2) is 17.9 Å². The third-order valence-electron chi connectivity index (χ3n) is 4.49. The fourth-order valence-electron chi connectivity index (χ4n) is 3.10. The Morgan fingerprint density at radius 1 is 1.29 bits per heavy atom. The van der Waals surface area contributed by atoms with E-state index in [0.717, 1.165) is 23.2 Å². The number of carbonyl (C=O) groups excluding carboxylic acids is 1. The molecule has 0 bridgehead atoms. The smallest absolute Gasteiger partial charge is 0.224 e. The SMILES string of the molecule is Cc1nc2c(C#N)cnn2c(C)c1CCC(=O)Nc1ccccc1S(C)(=O)=O. The highest BCUT2D eigenvalue weighted by Gasteiger charge is 2.17. The van der Waals surface area contributed by atoms with Gasteiger partial charge < -0.3 is 5.32 Å². The molecule has 0 spiro atoms. The normalized spacial score (nSPS) is 11.4. The quantitative estimate of drug-likeness (QED) is 0.705. The summed E-state index contributed by atoms with van der Waals surface area (Å²) in [5, 5.41) is 16.0. The topological polar surface area (TPSA) is 117 Å². The Balaban J connectivity index is 1.80. The molecule has 0 fully saturated rings. The highest BCUT2D eigenvalue weighted by Crippen LogP contribution is 2.22. The number of hydrogen-bond acceptors (Lipinski definition) is 6. The average molecular weight is 397 g/mol. The fourth-order valence-corrected chi connectivity index (χ4v) is 3.94. The van der Waals surface area contributed by atoms with Crippen LogP contribution >= 0.6 is 0 Å². The van der Waals surface area contributed by atoms with Crippen molar-refractivity contribution in [3.63, 3.8) is 0 Å². The molecule has 0 saturated carbocycles.